The number of quaternary nitrogens is 1. The summed E-state index contributed by atoms with van der Waals surface area (Å²) in [6, 6.07) is 25.6. The SMILES string of the molecule is Cc1ccccc1NC(=O)C[N+]12CCC(CC1)[C@@H](OC(=O)C(O)(c1ccccc1)c1ccccc1)C2. The molecule has 3 saturated heterocycles. The quantitative estimate of drug-likeness (QED) is 0.392. The van der Waals surface area contributed by atoms with Crippen molar-refractivity contribution in [2.45, 2.75) is 31.5 Å². The number of carbonyl (C=O) groups is 2. The molecule has 6 rings (SSSR count). The molecule has 0 unspecified atom stereocenters. The second-order valence-corrected chi connectivity index (χ2v) is 10.2. The molecule has 3 heterocycles. The van der Waals surface area contributed by atoms with E-state index in [-0.39, 0.29) is 17.9 Å². The Balaban J connectivity index is 1.33. The van der Waals surface area contributed by atoms with Gasteiger partial charge in [-0.15, -0.1) is 0 Å². The molecule has 3 aliphatic rings. The van der Waals surface area contributed by atoms with E-state index in [0.29, 0.717) is 28.7 Å². The van der Waals surface area contributed by atoms with Gasteiger partial charge in [0.15, 0.2) is 12.6 Å². The molecule has 0 aromatic heterocycles. The fraction of sp³-hybridized carbons (Fsp3) is 0.333. The van der Waals surface area contributed by atoms with Crippen molar-refractivity contribution in [3.05, 3.63) is 102 Å². The van der Waals surface area contributed by atoms with Crippen LogP contribution in [0, 0.1) is 12.8 Å². The van der Waals surface area contributed by atoms with Crippen LogP contribution in [0.2, 0.25) is 0 Å². The van der Waals surface area contributed by atoms with Crippen molar-refractivity contribution in [1.82, 2.24) is 0 Å². The molecular weight excluding hydrogens is 452 g/mol. The largest absolute Gasteiger partial charge is 0.453 e. The number of fused-ring (bicyclic) bond motifs is 3. The summed E-state index contributed by atoms with van der Waals surface area (Å²) in [6.07, 6.45) is 1.44. The Morgan fingerprint density at radius 2 is 1.47 bits per heavy atom. The number of aryl methyl sites for hydroxylation is 1. The van der Waals surface area contributed by atoms with Crippen molar-refractivity contribution in [2.24, 2.45) is 5.92 Å². The number of benzene rings is 3. The Morgan fingerprint density at radius 1 is 0.917 bits per heavy atom. The fourth-order valence-electron chi connectivity index (χ4n) is 5.77. The number of para-hydroxylation sites is 1. The molecule has 1 amide bonds. The highest BCUT2D eigenvalue weighted by atomic mass is 16.6. The van der Waals surface area contributed by atoms with E-state index >= 15 is 0 Å². The van der Waals surface area contributed by atoms with Crippen molar-refractivity contribution < 1.29 is 23.9 Å². The second kappa shape index (κ2) is 9.88. The molecule has 0 radical (unpaired) electrons. The average Bonchev–Trinajstić information content (AvgIpc) is 2.91. The van der Waals surface area contributed by atoms with Crippen LogP contribution in [0.4, 0.5) is 5.69 Å². The first-order valence-corrected chi connectivity index (χ1v) is 12.6. The molecule has 3 aromatic rings. The Morgan fingerprint density at radius 3 is 2.06 bits per heavy atom. The van der Waals surface area contributed by atoms with Crippen LogP contribution >= 0.6 is 0 Å². The molecule has 0 spiro atoms. The van der Waals surface area contributed by atoms with Crippen LogP contribution in [-0.2, 0) is 19.9 Å². The summed E-state index contributed by atoms with van der Waals surface area (Å²) >= 11 is 0. The van der Waals surface area contributed by atoms with Crippen LogP contribution in [-0.4, -0.2) is 53.7 Å². The van der Waals surface area contributed by atoms with Gasteiger partial charge in [-0.2, -0.15) is 0 Å². The van der Waals surface area contributed by atoms with Gasteiger partial charge in [0.25, 0.3) is 5.91 Å². The van der Waals surface area contributed by atoms with Crippen LogP contribution in [0.15, 0.2) is 84.9 Å². The van der Waals surface area contributed by atoms with Gasteiger partial charge < -0.3 is 19.6 Å². The molecule has 3 fully saturated rings. The molecule has 0 aliphatic carbocycles. The van der Waals surface area contributed by atoms with Gasteiger partial charge >= 0.3 is 5.97 Å². The fourth-order valence-corrected chi connectivity index (χ4v) is 5.77. The summed E-state index contributed by atoms with van der Waals surface area (Å²) < 4.78 is 6.71. The van der Waals surface area contributed by atoms with Crippen LogP contribution in [0.5, 0.6) is 0 Å². The number of esters is 1. The lowest BCUT2D eigenvalue weighted by atomic mass is 9.82. The van der Waals surface area contributed by atoms with E-state index in [1.165, 1.54) is 0 Å². The van der Waals surface area contributed by atoms with Gasteiger partial charge in [-0.05, 0) is 29.7 Å². The lowest BCUT2D eigenvalue weighted by Crippen LogP contribution is -2.66. The number of ether oxygens (including phenoxy) is 1. The maximum absolute atomic E-state index is 13.7. The third kappa shape index (κ3) is 4.66. The average molecular weight is 486 g/mol. The smallest absolute Gasteiger partial charge is 0.348 e. The topological polar surface area (TPSA) is 75.6 Å². The maximum atomic E-state index is 13.7. The van der Waals surface area contributed by atoms with Crippen LogP contribution < -0.4 is 5.32 Å². The third-order valence-corrected chi connectivity index (χ3v) is 7.88. The van der Waals surface area contributed by atoms with Crippen LogP contribution in [0.1, 0.15) is 29.5 Å². The Hall–Kier alpha value is -3.48. The summed E-state index contributed by atoms with van der Waals surface area (Å²) in [5, 5.41) is 14.8. The minimum atomic E-state index is -1.90. The molecule has 3 aromatic carbocycles. The Labute approximate surface area is 212 Å². The predicted molar refractivity (Wildman–Crippen MR) is 138 cm³/mol. The summed E-state index contributed by atoms with van der Waals surface area (Å²) in [7, 11) is 0. The van der Waals surface area contributed by atoms with E-state index < -0.39 is 11.6 Å². The van der Waals surface area contributed by atoms with Gasteiger partial charge in [0, 0.05) is 24.4 Å². The number of amides is 1. The van der Waals surface area contributed by atoms with E-state index in [4.69, 9.17) is 4.74 Å². The molecule has 0 saturated carbocycles. The van der Waals surface area contributed by atoms with Gasteiger partial charge in [-0.3, -0.25) is 4.79 Å². The van der Waals surface area contributed by atoms with Gasteiger partial charge in [0.1, 0.15) is 6.54 Å². The standard InChI is InChI=1S/C30H32N2O4/c1-22-10-8-9-15-26(22)31-28(33)21-32-18-16-23(17-19-32)27(20-32)36-29(34)30(35,24-11-4-2-5-12-24)25-13-6-3-7-14-25/h2-15,23,27,35H,16-21H2,1H3/p+1/t23?,27-,32?/m0/s1. The predicted octanol–water partition coefficient (Wildman–Crippen LogP) is 4.02. The van der Waals surface area contributed by atoms with E-state index in [1.54, 1.807) is 48.5 Å². The molecule has 2 N–H and O–H groups in total. The number of carbonyl (C=O) groups excluding carboxylic acids is 2. The summed E-state index contributed by atoms with van der Waals surface area (Å²) in [5.41, 5.74) is 0.900. The second-order valence-electron chi connectivity index (χ2n) is 10.2. The summed E-state index contributed by atoms with van der Waals surface area (Å²) in [4.78, 5) is 26.7. The number of aliphatic hydroxyl groups is 1. The number of rotatable bonds is 7. The monoisotopic (exact) mass is 485 g/mol. The van der Waals surface area contributed by atoms with E-state index in [0.717, 1.165) is 37.2 Å². The number of hydrogen-bond acceptors (Lipinski definition) is 4. The van der Waals surface area contributed by atoms with Crippen LogP contribution in [0.25, 0.3) is 0 Å². The highest BCUT2D eigenvalue weighted by Crippen LogP contribution is 2.38. The molecule has 3 aliphatic heterocycles. The maximum Gasteiger partial charge on any atom is 0.348 e. The van der Waals surface area contributed by atoms with E-state index in [1.807, 2.05) is 43.3 Å². The Kier molecular flexibility index (Phi) is 6.65. The number of nitrogens with zero attached hydrogens (tertiary/aromatic N) is 1. The lowest BCUT2D eigenvalue weighted by molar-refractivity contribution is -0.939. The number of hydrogen-bond donors (Lipinski definition) is 2. The van der Waals surface area contributed by atoms with Crippen molar-refractivity contribution in [2.75, 3.05) is 31.5 Å². The number of anilines is 1. The first kappa shape index (κ1) is 24.2. The number of piperidine rings is 3. The van der Waals surface area contributed by atoms with E-state index in [2.05, 4.69) is 5.32 Å². The first-order valence-electron chi connectivity index (χ1n) is 12.6. The first-order chi connectivity index (χ1) is 17.4. The van der Waals surface area contributed by atoms with Gasteiger partial charge in [-0.1, -0.05) is 78.9 Å². The third-order valence-electron chi connectivity index (χ3n) is 7.88. The number of nitrogens with one attached hydrogen (secondary N) is 1. The Bertz CT molecular complexity index is 1180. The van der Waals surface area contributed by atoms with E-state index in [9.17, 15) is 14.7 Å². The van der Waals surface area contributed by atoms with Crippen molar-refractivity contribution in [3.8, 4) is 0 Å². The molecule has 6 heteroatoms. The van der Waals surface area contributed by atoms with Crippen LogP contribution in [0.3, 0.4) is 0 Å². The van der Waals surface area contributed by atoms with Gasteiger partial charge in [0.2, 0.25) is 5.60 Å². The zero-order valence-corrected chi connectivity index (χ0v) is 20.6. The van der Waals surface area contributed by atoms with Crippen molar-refractivity contribution in [1.29, 1.82) is 0 Å². The zero-order valence-electron chi connectivity index (χ0n) is 20.6. The van der Waals surface area contributed by atoms with Crippen molar-refractivity contribution >= 4 is 17.6 Å². The molecule has 6 nitrogen and oxygen atoms in total. The summed E-state index contributed by atoms with van der Waals surface area (Å²) in [5.74, 6) is -0.454. The van der Waals surface area contributed by atoms with Gasteiger partial charge in [-0.25, -0.2) is 4.79 Å². The van der Waals surface area contributed by atoms with Crippen molar-refractivity contribution in [3.63, 3.8) is 0 Å². The highest BCUT2D eigenvalue weighted by Gasteiger charge is 2.51. The molecule has 186 valence electrons. The van der Waals surface area contributed by atoms with Gasteiger partial charge in [0.05, 0.1) is 13.1 Å². The highest BCUT2D eigenvalue weighted by molar-refractivity contribution is 5.92. The molecule has 36 heavy (non-hydrogen) atoms. The molecule has 1 atom stereocenters. The lowest BCUT2D eigenvalue weighted by Gasteiger charge is -2.51. The minimum absolute atomic E-state index is 0.0280. The summed E-state index contributed by atoms with van der Waals surface area (Å²) in [6.45, 7) is 4.68. The molecule has 2 bridgehead atoms. The molecular formula is C30H33N2O4+. The normalized spacial score (nSPS) is 23.2. The minimum Gasteiger partial charge on any atom is -0.453 e. The zero-order chi connectivity index (χ0) is 25.2.